The molecule has 0 fully saturated rings. The number of nitrogens with one attached hydrogen (secondary N) is 2. The van der Waals surface area contributed by atoms with Crippen molar-refractivity contribution in [3.8, 4) is 0 Å². The standard InChI is InChI=1S/C14H21N3O4/c1-17(2)8-10-21-9-7-15-14(20)16-12-6-4-3-5-11(12)13(18)19/h3-6H,7-10H2,1-2H3,(H,18,19)(H2,15,16,20). The van der Waals surface area contributed by atoms with Gasteiger partial charge in [0, 0.05) is 13.1 Å². The lowest BCUT2D eigenvalue weighted by atomic mass is 10.2. The quantitative estimate of drug-likeness (QED) is 0.624. The molecule has 0 unspecified atom stereocenters. The number of carboxylic acid groups (broad SMARTS) is 1. The molecule has 0 saturated heterocycles. The number of anilines is 1. The van der Waals surface area contributed by atoms with Crippen molar-refractivity contribution < 1.29 is 19.4 Å². The molecule has 7 heteroatoms. The number of carbonyl (C=O) groups is 2. The lowest BCUT2D eigenvalue weighted by molar-refractivity contribution is 0.0698. The first kappa shape index (κ1) is 16.9. The zero-order valence-corrected chi connectivity index (χ0v) is 12.3. The summed E-state index contributed by atoms with van der Waals surface area (Å²) in [5.74, 6) is -1.09. The SMILES string of the molecule is CN(C)CCOCCNC(=O)Nc1ccccc1C(=O)O. The maximum absolute atomic E-state index is 11.6. The number of hydrogen-bond donors (Lipinski definition) is 3. The lowest BCUT2D eigenvalue weighted by Gasteiger charge is -2.11. The van der Waals surface area contributed by atoms with Gasteiger partial charge < -0.3 is 25.4 Å². The number of ether oxygens (including phenoxy) is 1. The smallest absolute Gasteiger partial charge is 0.337 e. The molecule has 2 amide bonds. The third kappa shape index (κ3) is 6.73. The van der Waals surface area contributed by atoms with Crippen molar-refractivity contribution in [1.82, 2.24) is 10.2 Å². The molecule has 1 rings (SSSR count). The van der Waals surface area contributed by atoms with Gasteiger partial charge in [0.05, 0.1) is 24.5 Å². The van der Waals surface area contributed by atoms with E-state index >= 15 is 0 Å². The Labute approximate surface area is 123 Å². The van der Waals surface area contributed by atoms with Gasteiger partial charge in [-0.05, 0) is 26.2 Å². The predicted octanol–water partition coefficient (Wildman–Crippen LogP) is 1.08. The van der Waals surface area contributed by atoms with Crippen LogP contribution in [-0.4, -0.2) is 62.4 Å². The first-order chi connectivity index (χ1) is 10.0. The van der Waals surface area contributed by atoms with E-state index in [1.807, 2.05) is 19.0 Å². The van der Waals surface area contributed by atoms with Gasteiger partial charge in [-0.15, -0.1) is 0 Å². The van der Waals surface area contributed by atoms with Gasteiger partial charge in [0.1, 0.15) is 0 Å². The van der Waals surface area contributed by atoms with Crippen LogP contribution in [0, 0.1) is 0 Å². The summed E-state index contributed by atoms with van der Waals surface area (Å²) in [6.07, 6.45) is 0. The van der Waals surface area contributed by atoms with E-state index in [9.17, 15) is 9.59 Å². The van der Waals surface area contributed by atoms with Crippen molar-refractivity contribution in [3.63, 3.8) is 0 Å². The number of likely N-dealkylation sites (N-methyl/N-ethyl adjacent to an activating group) is 1. The van der Waals surface area contributed by atoms with Crippen LogP contribution in [0.25, 0.3) is 0 Å². The Morgan fingerprint density at radius 3 is 2.62 bits per heavy atom. The fourth-order valence-electron chi connectivity index (χ4n) is 1.53. The number of hydrogen-bond acceptors (Lipinski definition) is 4. The highest BCUT2D eigenvalue weighted by Crippen LogP contribution is 2.14. The third-order valence-corrected chi connectivity index (χ3v) is 2.62. The molecule has 0 aliphatic rings. The largest absolute Gasteiger partial charge is 0.478 e. The van der Waals surface area contributed by atoms with Crippen LogP contribution in [-0.2, 0) is 4.74 Å². The minimum absolute atomic E-state index is 0.0508. The van der Waals surface area contributed by atoms with Crippen molar-refractivity contribution >= 4 is 17.7 Å². The van der Waals surface area contributed by atoms with E-state index in [0.717, 1.165) is 6.54 Å². The highest BCUT2D eigenvalue weighted by atomic mass is 16.5. The van der Waals surface area contributed by atoms with Crippen LogP contribution < -0.4 is 10.6 Å². The molecule has 0 atom stereocenters. The minimum atomic E-state index is -1.09. The van der Waals surface area contributed by atoms with Crippen molar-refractivity contribution in [2.75, 3.05) is 45.7 Å². The van der Waals surface area contributed by atoms with Gasteiger partial charge in [0.15, 0.2) is 0 Å². The van der Waals surface area contributed by atoms with E-state index in [1.165, 1.54) is 12.1 Å². The van der Waals surface area contributed by atoms with Crippen LogP contribution in [0.2, 0.25) is 0 Å². The molecule has 0 heterocycles. The molecule has 1 aromatic carbocycles. The van der Waals surface area contributed by atoms with Crippen LogP contribution in [0.5, 0.6) is 0 Å². The Morgan fingerprint density at radius 1 is 1.24 bits per heavy atom. The van der Waals surface area contributed by atoms with E-state index in [1.54, 1.807) is 12.1 Å². The van der Waals surface area contributed by atoms with Gasteiger partial charge in [-0.1, -0.05) is 12.1 Å². The molecule has 7 nitrogen and oxygen atoms in total. The lowest BCUT2D eigenvalue weighted by Crippen LogP contribution is -2.32. The number of carbonyl (C=O) groups excluding carboxylic acids is 1. The van der Waals surface area contributed by atoms with E-state index < -0.39 is 12.0 Å². The minimum Gasteiger partial charge on any atom is -0.478 e. The number of para-hydroxylation sites is 1. The normalized spacial score (nSPS) is 10.4. The van der Waals surface area contributed by atoms with Gasteiger partial charge in [0.25, 0.3) is 0 Å². The Kier molecular flexibility index (Phi) is 7.20. The first-order valence-corrected chi connectivity index (χ1v) is 6.60. The molecular weight excluding hydrogens is 274 g/mol. The number of nitrogens with zero attached hydrogens (tertiary/aromatic N) is 1. The topological polar surface area (TPSA) is 90.9 Å². The highest BCUT2D eigenvalue weighted by Gasteiger charge is 2.10. The molecule has 1 aromatic rings. The molecule has 0 aliphatic carbocycles. The summed E-state index contributed by atoms with van der Waals surface area (Å²) < 4.78 is 5.33. The van der Waals surface area contributed by atoms with E-state index in [2.05, 4.69) is 10.6 Å². The molecule has 21 heavy (non-hydrogen) atoms. The van der Waals surface area contributed by atoms with Crippen molar-refractivity contribution in [2.24, 2.45) is 0 Å². The van der Waals surface area contributed by atoms with Crippen LogP contribution in [0.15, 0.2) is 24.3 Å². The fraction of sp³-hybridized carbons (Fsp3) is 0.429. The second-order valence-corrected chi connectivity index (χ2v) is 4.65. The van der Waals surface area contributed by atoms with Gasteiger partial charge >= 0.3 is 12.0 Å². The Morgan fingerprint density at radius 2 is 1.95 bits per heavy atom. The number of benzene rings is 1. The van der Waals surface area contributed by atoms with Crippen molar-refractivity contribution in [2.45, 2.75) is 0 Å². The summed E-state index contributed by atoms with van der Waals surface area (Å²) in [6, 6.07) is 5.77. The molecule has 0 saturated carbocycles. The first-order valence-electron chi connectivity index (χ1n) is 6.60. The molecule has 0 spiro atoms. The monoisotopic (exact) mass is 295 g/mol. The van der Waals surface area contributed by atoms with Crippen molar-refractivity contribution in [3.05, 3.63) is 29.8 Å². The summed E-state index contributed by atoms with van der Waals surface area (Å²) >= 11 is 0. The second-order valence-electron chi connectivity index (χ2n) is 4.65. The summed E-state index contributed by atoms with van der Waals surface area (Å²) in [4.78, 5) is 24.6. The number of urea groups is 1. The molecule has 116 valence electrons. The summed E-state index contributed by atoms with van der Waals surface area (Å²) in [6.45, 7) is 2.17. The van der Waals surface area contributed by atoms with E-state index in [4.69, 9.17) is 9.84 Å². The van der Waals surface area contributed by atoms with Gasteiger partial charge in [-0.25, -0.2) is 9.59 Å². The summed E-state index contributed by atoms with van der Waals surface area (Å²) in [5.41, 5.74) is 0.311. The average molecular weight is 295 g/mol. The molecular formula is C14H21N3O4. The van der Waals surface area contributed by atoms with Crippen LogP contribution in [0.4, 0.5) is 10.5 Å². The molecule has 0 aromatic heterocycles. The molecule has 0 aliphatic heterocycles. The van der Waals surface area contributed by atoms with E-state index in [-0.39, 0.29) is 11.3 Å². The summed E-state index contributed by atoms with van der Waals surface area (Å²) in [5, 5.41) is 14.1. The third-order valence-electron chi connectivity index (χ3n) is 2.62. The highest BCUT2D eigenvalue weighted by molar-refractivity contribution is 5.99. The van der Waals surface area contributed by atoms with E-state index in [0.29, 0.717) is 19.8 Å². The van der Waals surface area contributed by atoms with Gasteiger partial charge in [0.2, 0.25) is 0 Å². The van der Waals surface area contributed by atoms with Gasteiger partial charge in [-0.3, -0.25) is 0 Å². The zero-order valence-electron chi connectivity index (χ0n) is 12.3. The maximum atomic E-state index is 11.6. The van der Waals surface area contributed by atoms with Crippen LogP contribution in [0.3, 0.4) is 0 Å². The molecule has 0 radical (unpaired) electrons. The predicted molar refractivity (Wildman–Crippen MR) is 79.8 cm³/mol. The Bertz CT molecular complexity index is 477. The summed E-state index contributed by atoms with van der Waals surface area (Å²) in [7, 11) is 3.91. The zero-order chi connectivity index (χ0) is 15.7. The number of carboxylic acids is 1. The Hall–Kier alpha value is -2.12. The number of aromatic carboxylic acids is 1. The van der Waals surface area contributed by atoms with Gasteiger partial charge in [-0.2, -0.15) is 0 Å². The molecule has 3 N–H and O–H groups in total. The molecule has 0 bridgehead atoms. The maximum Gasteiger partial charge on any atom is 0.337 e. The average Bonchev–Trinajstić information content (AvgIpc) is 2.42. The fourth-order valence-corrected chi connectivity index (χ4v) is 1.53. The second kappa shape index (κ2) is 8.93. The Balaban J connectivity index is 2.30. The number of amides is 2. The number of rotatable bonds is 8. The van der Waals surface area contributed by atoms with Crippen molar-refractivity contribution in [1.29, 1.82) is 0 Å². The van der Waals surface area contributed by atoms with Crippen LogP contribution >= 0.6 is 0 Å². The van der Waals surface area contributed by atoms with Crippen LogP contribution in [0.1, 0.15) is 10.4 Å².